The number of nitrogens with one attached hydrogen (secondary N) is 1. The van der Waals surface area contributed by atoms with E-state index < -0.39 is 5.34 Å². The molecule has 0 saturated carbocycles. The third kappa shape index (κ3) is 5.60. The number of hydrogen-bond acceptors (Lipinski definition) is 1. The first-order chi connectivity index (χ1) is 3.06. The van der Waals surface area contributed by atoms with Gasteiger partial charge >= 0.3 is 0 Å². The van der Waals surface area contributed by atoms with Crippen molar-refractivity contribution in [1.29, 1.82) is 0 Å². The topological polar surface area (TPSA) is 29.1 Å². The van der Waals surface area contributed by atoms with Crippen LogP contribution in [0, 0.1) is 0 Å². The summed E-state index contributed by atoms with van der Waals surface area (Å²) in [4.78, 5) is 9.55. The quantitative estimate of drug-likeness (QED) is 0.335. The molecule has 4 heteroatoms. The Labute approximate surface area is 45.5 Å². The monoisotopic (exact) mass is 93.1 g/mol. The highest BCUT2D eigenvalue weighted by Gasteiger charge is 2.03. The molecule has 0 heterocycles. The number of hydrogen-bond donors (Lipinski definition) is 1. The Kier molecular flexibility index (Phi) is 1.93. The average Bonchev–Trinajstić information content (AvgIpc) is 1.30. The summed E-state index contributed by atoms with van der Waals surface area (Å²) < 4.78 is 0. The van der Waals surface area contributed by atoms with Crippen LogP contribution in [0.2, 0.25) is 0 Å². The molecule has 0 unspecified atom stereocenters. The second-order valence-corrected chi connectivity index (χ2v) is 1.54. The van der Waals surface area contributed by atoms with Gasteiger partial charge in [0.25, 0.3) is 0 Å². The van der Waals surface area contributed by atoms with Gasteiger partial charge in [0.1, 0.15) is 0 Å². The van der Waals surface area contributed by atoms with E-state index in [1.165, 1.54) is 6.92 Å². The number of carbonyl (C=O) groups is 1. The van der Waals surface area contributed by atoms with Crippen LogP contribution in [-0.2, 0) is 4.79 Å². The molecule has 1 N–H and O–H groups in total. The van der Waals surface area contributed by atoms with Crippen molar-refractivity contribution >= 4 is 22.1 Å². The summed E-state index contributed by atoms with van der Waals surface area (Å²) >= 11 is 0. The van der Waals surface area contributed by atoms with Crippen molar-refractivity contribution in [1.82, 2.24) is 5.32 Å². The Morgan fingerprint density at radius 2 is 2.14 bits per heavy atom. The molecule has 0 aliphatic carbocycles. The lowest BCUT2D eigenvalue weighted by molar-refractivity contribution is -0.109. The standard InChI is InChI=1S/C3H5B2NO/c1-3(4,5)6-2-7/h2H,1H3,(H,6,7). The molecule has 0 aliphatic rings. The van der Waals surface area contributed by atoms with Gasteiger partial charge in [-0.25, -0.2) is 0 Å². The Hall–Kier alpha value is -0.400. The summed E-state index contributed by atoms with van der Waals surface area (Å²) in [5.41, 5.74) is 0. The van der Waals surface area contributed by atoms with Crippen molar-refractivity contribution in [3.8, 4) is 0 Å². The molecule has 0 aliphatic heterocycles. The molecule has 0 bridgehead atoms. The molecule has 34 valence electrons. The molecule has 0 spiro atoms. The third-order valence-corrected chi connectivity index (χ3v) is 0.370. The molecule has 0 fully saturated rings. The molecule has 1 amide bonds. The van der Waals surface area contributed by atoms with Gasteiger partial charge < -0.3 is 5.32 Å². The zero-order chi connectivity index (χ0) is 5.91. The van der Waals surface area contributed by atoms with Crippen molar-refractivity contribution in [2.24, 2.45) is 0 Å². The first-order valence-electron chi connectivity index (χ1n) is 1.85. The highest BCUT2D eigenvalue weighted by molar-refractivity contribution is 6.40. The fourth-order valence-electron chi connectivity index (χ4n) is 0.127. The minimum absolute atomic E-state index is 0.458. The van der Waals surface area contributed by atoms with E-state index >= 15 is 0 Å². The van der Waals surface area contributed by atoms with E-state index in [9.17, 15) is 4.79 Å². The lowest BCUT2D eigenvalue weighted by atomic mass is 9.64. The van der Waals surface area contributed by atoms with E-state index in [-0.39, 0.29) is 0 Å². The van der Waals surface area contributed by atoms with E-state index in [2.05, 4.69) is 5.32 Å². The fraction of sp³-hybridized carbons (Fsp3) is 0.667. The Morgan fingerprint density at radius 1 is 1.71 bits per heavy atom. The van der Waals surface area contributed by atoms with Gasteiger partial charge in [0.05, 0.1) is 15.7 Å². The van der Waals surface area contributed by atoms with E-state index in [1.807, 2.05) is 0 Å². The maximum absolute atomic E-state index is 9.55. The van der Waals surface area contributed by atoms with Crippen molar-refractivity contribution < 1.29 is 4.79 Å². The van der Waals surface area contributed by atoms with Gasteiger partial charge in [-0.1, -0.05) is 6.92 Å². The minimum Gasteiger partial charge on any atom is -0.371 e. The minimum atomic E-state index is -1.07. The summed E-state index contributed by atoms with van der Waals surface area (Å²) in [5.74, 6) is 0. The van der Waals surface area contributed by atoms with Crippen LogP contribution in [0.25, 0.3) is 0 Å². The SMILES string of the molecule is [B]C([B])(C)NC=O. The highest BCUT2D eigenvalue weighted by atomic mass is 16.1. The van der Waals surface area contributed by atoms with Crippen molar-refractivity contribution in [2.45, 2.75) is 12.3 Å². The highest BCUT2D eigenvalue weighted by Crippen LogP contribution is 1.81. The van der Waals surface area contributed by atoms with Crippen LogP contribution in [0.1, 0.15) is 6.92 Å². The fourth-order valence-corrected chi connectivity index (χ4v) is 0.127. The zero-order valence-electron chi connectivity index (χ0n) is 4.14. The first-order valence-corrected chi connectivity index (χ1v) is 1.85. The van der Waals surface area contributed by atoms with E-state index in [0.29, 0.717) is 6.41 Å². The number of carbonyl (C=O) groups excluding carboxylic acids is 1. The van der Waals surface area contributed by atoms with Crippen molar-refractivity contribution in [3.05, 3.63) is 0 Å². The summed E-state index contributed by atoms with van der Waals surface area (Å²) in [6.45, 7) is 1.49. The van der Waals surface area contributed by atoms with Gasteiger partial charge in [-0.3, -0.25) is 4.79 Å². The summed E-state index contributed by atoms with van der Waals surface area (Å²) in [6, 6.07) is 0. The maximum Gasteiger partial charge on any atom is 0.206 e. The molecule has 2 nitrogen and oxygen atoms in total. The second kappa shape index (κ2) is 2.05. The second-order valence-electron chi connectivity index (χ2n) is 1.54. The molecule has 0 aromatic carbocycles. The van der Waals surface area contributed by atoms with Crippen molar-refractivity contribution in [3.63, 3.8) is 0 Å². The lowest BCUT2D eigenvalue weighted by Gasteiger charge is -2.16. The van der Waals surface area contributed by atoms with E-state index in [0.717, 1.165) is 0 Å². The van der Waals surface area contributed by atoms with Gasteiger partial charge in [-0.05, 0) is 5.34 Å². The van der Waals surface area contributed by atoms with Crippen LogP contribution in [0.15, 0.2) is 0 Å². The average molecular weight is 92.7 g/mol. The molecule has 0 aromatic rings. The number of amides is 1. The molecule has 7 heavy (non-hydrogen) atoms. The predicted octanol–water partition coefficient (Wildman–Crippen LogP) is -1.26. The van der Waals surface area contributed by atoms with Crippen LogP contribution in [0.3, 0.4) is 0 Å². The third-order valence-electron chi connectivity index (χ3n) is 0.370. The first kappa shape index (κ1) is 6.60. The molecule has 0 atom stereocenters. The molecule has 0 rings (SSSR count). The molecule has 0 aromatic heterocycles. The Bertz CT molecular complexity index is 67.8. The van der Waals surface area contributed by atoms with Crippen LogP contribution >= 0.6 is 0 Å². The van der Waals surface area contributed by atoms with E-state index in [4.69, 9.17) is 15.7 Å². The summed E-state index contributed by atoms with van der Waals surface area (Å²) in [7, 11) is 10.2. The molecular weight excluding hydrogens is 87.7 g/mol. The van der Waals surface area contributed by atoms with E-state index in [1.54, 1.807) is 0 Å². The maximum atomic E-state index is 9.55. The Morgan fingerprint density at radius 3 is 2.14 bits per heavy atom. The van der Waals surface area contributed by atoms with Gasteiger partial charge in [-0.2, -0.15) is 0 Å². The van der Waals surface area contributed by atoms with Gasteiger partial charge in [-0.15, -0.1) is 0 Å². The van der Waals surface area contributed by atoms with Crippen LogP contribution in [0.4, 0.5) is 0 Å². The van der Waals surface area contributed by atoms with Crippen LogP contribution in [-0.4, -0.2) is 27.4 Å². The van der Waals surface area contributed by atoms with Crippen molar-refractivity contribution in [2.75, 3.05) is 0 Å². The van der Waals surface area contributed by atoms with Gasteiger partial charge in [0, 0.05) is 0 Å². The molecule has 4 radical (unpaired) electrons. The van der Waals surface area contributed by atoms with Gasteiger partial charge in [0.15, 0.2) is 0 Å². The van der Waals surface area contributed by atoms with Crippen LogP contribution < -0.4 is 5.32 Å². The summed E-state index contributed by atoms with van der Waals surface area (Å²) in [5, 5.41) is 1.09. The lowest BCUT2D eigenvalue weighted by Crippen LogP contribution is -2.42. The summed E-state index contributed by atoms with van der Waals surface area (Å²) in [6.07, 6.45) is 0.458. The molecule has 0 saturated heterocycles. The molecular formula is C3H5B2NO. The Balaban J connectivity index is 3.34. The van der Waals surface area contributed by atoms with Gasteiger partial charge in [0.2, 0.25) is 6.41 Å². The van der Waals surface area contributed by atoms with Crippen LogP contribution in [0.5, 0.6) is 0 Å². The normalized spacial score (nSPS) is 10.4. The smallest absolute Gasteiger partial charge is 0.206 e. The predicted molar refractivity (Wildman–Crippen MR) is 29.1 cm³/mol. The largest absolute Gasteiger partial charge is 0.371 e. The zero-order valence-corrected chi connectivity index (χ0v) is 4.14. The number of rotatable bonds is 2.